The molecule has 6 nitrogen and oxygen atoms in total. The Kier molecular flexibility index (Phi) is 7.09. The lowest BCUT2D eigenvalue weighted by Crippen LogP contribution is -2.37. The van der Waals surface area contributed by atoms with Crippen LogP contribution in [0.25, 0.3) is 0 Å². The first-order valence-electron chi connectivity index (χ1n) is 7.50. The van der Waals surface area contributed by atoms with Gasteiger partial charge in [0.25, 0.3) is 0 Å². The van der Waals surface area contributed by atoms with Crippen molar-refractivity contribution in [2.24, 2.45) is 11.8 Å². The Labute approximate surface area is 127 Å². The zero-order valence-corrected chi connectivity index (χ0v) is 13.9. The topological polar surface area (TPSA) is 83.9 Å². The second kappa shape index (κ2) is 8.10. The first-order valence-corrected chi connectivity index (χ1v) is 9.11. The van der Waals surface area contributed by atoms with E-state index in [1.165, 1.54) is 26.8 Å². The Balaban J connectivity index is 2.40. The quantitative estimate of drug-likeness (QED) is 0.697. The van der Waals surface area contributed by atoms with E-state index in [0.717, 1.165) is 17.1 Å². The van der Waals surface area contributed by atoms with Crippen molar-refractivity contribution >= 4 is 16.0 Å². The van der Waals surface area contributed by atoms with E-state index in [0.29, 0.717) is 6.61 Å². The minimum Gasteiger partial charge on any atom is -0.481 e. The van der Waals surface area contributed by atoms with Crippen LogP contribution in [0.15, 0.2) is 0 Å². The van der Waals surface area contributed by atoms with Crippen LogP contribution in [0.1, 0.15) is 39.5 Å². The van der Waals surface area contributed by atoms with Crippen LogP contribution >= 0.6 is 0 Å². The number of hydrogen-bond acceptors (Lipinski definition) is 4. The van der Waals surface area contributed by atoms with Crippen molar-refractivity contribution in [1.29, 1.82) is 0 Å². The monoisotopic (exact) mass is 321 g/mol. The van der Waals surface area contributed by atoms with E-state index in [9.17, 15) is 13.2 Å². The Bertz CT molecular complexity index is 431. The highest BCUT2D eigenvalue weighted by molar-refractivity contribution is 7.89. The highest BCUT2D eigenvalue weighted by Gasteiger charge is 2.25. The van der Waals surface area contributed by atoms with Crippen molar-refractivity contribution in [2.75, 3.05) is 26.0 Å². The average Bonchev–Trinajstić information content (AvgIpc) is 2.88. The van der Waals surface area contributed by atoms with Crippen LogP contribution in [0.3, 0.4) is 0 Å². The van der Waals surface area contributed by atoms with Gasteiger partial charge in [-0.05, 0) is 18.8 Å². The molecule has 1 saturated carbocycles. The maximum absolute atomic E-state index is 12.2. The third-order valence-corrected chi connectivity index (χ3v) is 5.93. The van der Waals surface area contributed by atoms with Gasteiger partial charge in [-0.3, -0.25) is 4.79 Å². The van der Waals surface area contributed by atoms with Gasteiger partial charge in [0.05, 0.1) is 24.4 Å². The molecule has 0 amide bonds. The predicted molar refractivity (Wildman–Crippen MR) is 80.6 cm³/mol. The van der Waals surface area contributed by atoms with E-state index < -0.39 is 21.9 Å². The third kappa shape index (κ3) is 6.32. The summed E-state index contributed by atoms with van der Waals surface area (Å²) in [4.78, 5) is 10.8. The van der Waals surface area contributed by atoms with Crippen molar-refractivity contribution in [3.8, 4) is 0 Å². The molecule has 0 aromatic rings. The van der Waals surface area contributed by atoms with Gasteiger partial charge in [0, 0.05) is 13.6 Å². The molecule has 0 aromatic heterocycles. The van der Waals surface area contributed by atoms with Crippen LogP contribution in [-0.4, -0.2) is 55.9 Å². The zero-order valence-electron chi connectivity index (χ0n) is 13.1. The van der Waals surface area contributed by atoms with Gasteiger partial charge in [0.2, 0.25) is 10.0 Å². The Hall–Kier alpha value is -0.660. The Morgan fingerprint density at radius 2 is 1.90 bits per heavy atom. The molecule has 1 N–H and O–H groups in total. The predicted octanol–water partition coefficient (Wildman–Crippen LogP) is 1.56. The van der Waals surface area contributed by atoms with Crippen LogP contribution in [0, 0.1) is 11.8 Å². The first-order chi connectivity index (χ1) is 9.72. The maximum Gasteiger partial charge on any atom is 0.307 e. The number of ether oxygens (including phenoxy) is 1. The van der Waals surface area contributed by atoms with Crippen LogP contribution in [0.5, 0.6) is 0 Å². The number of rotatable bonds is 9. The zero-order chi connectivity index (χ0) is 16.0. The molecule has 1 rings (SSSR count). The summed E-state index contributed by atoms with van der Waals surface area (Å²) in [5.74, 6) is -1.81. The van der Waals surface area contributed by atoms with Crippen molar-refractivity contribution in [2.45, 2.75) is 45.6 Å². The summed E-state index contributed by atoms with van der Waals surface area (Å²) in [6, 6.07) is 0. The van der Waals surface area contributed by atoms with Gasteiger partial charge in [0.1, 0.15) is 0 Å². The molecule has 0 saturated heterocycles. The van der Waals surface area contributed by atoms with E-state index >= 15 is 0 Å². The smallest absolute Gasteiger partial charge is 0.307 e. The number of carboxylic acids is 1. The molecule has 0 heterocycles. The molecule has 0 aliphatic heterocycles. The number of sulfonamides is 1. The summed E-state index contributed by atoms with van der Waals surface area (Å²) < 4.78 is 31.2. The average molecular weight is 321 g/mol. The molecular weight excluding hydrogens is 294 g/mol. The van der Waals surface area contributed by atoms with Gasteiger partial charge < -0.3 is 9.84 Å². The fraction of sp³-hybridized carbons (Fsp3) is 0.929. The molecule has 1 aliphatic rings. The molecule has 124 valence electrons. The second-order valence-electron chi connectivity index (χ2n) is 6.14. The molecule has 2 atom stereocenters. The first kappa shape index (κ1) is 18.4. The van der Waals surface area contributed by atoms with Crippen molar-refractivity contribution in [3.63, 3.8) is 0 Å². The Morgan fingerprint density at radius 1 is 1.33 bits per heavy atom. The molecule has 7 heteroatoms. The van der Waals surface area contributed by atoms with E-state index in [-0.39, 0.29) is 24.3 Å². The molecule has 21 heavy (non-hydrogen) atoms. The summed E-state index contributed by atoms with van der Waals surface area (Å²) in [5, 5.41) is 8.84. The van der Waals surface area contributed by atoms with Crippen LogP contribution in [0.4, 0.5) is 0 Å². The third-order valence-electron chi connectivity index (χ3n) is 3.84. The molecule has 1 fully saturated rings. The molecule has 2 unspecified atom stereocenters. The van der Waals surface area contributed by atoms with Gasteiger partial charge in [-0.1, -0.05) is 26.7 Å². The lowest BCUT2D eigenvalue weighted by molar-refractivity contribution is -0.141. The summed E-state index contributed by atoms with van der Waals surface area (Å²) in [6.45, 7) is 3.78. The fourth-order valence-electron chi connectivity index (χ4n) is 2.47. The largest absolute Gasteiger partial charge is 0.481 e. The van der Waals surface area contributed by atoms with Crippen molar-refractivity contribution in [1.82, 2.24) is 4.31 Å². The van der Waals surface area contributed by atoms with E-state index in [1.807, 2.05) is 6.92 Å². The molecule has 0 bridgehead atoms. The summed E-state index contributed by atoms with van der Waals surface area (Å²) in [5.41, 5.74) is 0. The van der Waals surface area contributed by atoms with E-state index in [2.05, 4.69) is 0 Å². The summed E-state index contributed by atoms with van der Waals surface area (Å²) >= 11 is 0. The number of aliphatic carboxylic acids is 1. The summed E-state index contributed by atoms with van der Waals surface area (Å²) in [6.07, 6.45) is 4.78. The number of carboxylic acid groups (broad SMARTS) is 1. The molecule has 0 radical (unpaired) electrons. The molecule has 0 spiro atoms. The van der Waals surface area contributed by atoms with Gasteiger partial charge >= 0.3 is 5.97 Å². The number of nitrogens with zero attached hydrogens (tertiary/aromatic N) is 1. The number of carbonyl (C=O) groups is 1. The Morgan fingerprint density at radius 3 is 2.43 bits per heavy atom. The van der Waals surface area contributed by atoms with Gasteiger partial charge in [0.15, 0.2) is 0 Å². The molecule has 0 aromatic carbocycles. The minimum absolute atomic E-state index is 0.00608. The number of hydrogen-bond donors (Lipinski definition) is 1. The standard InChI is InChI=1S/C14H27NO5S/c1-11(9-20-13-6-4-5-7-13)10-21(18,19)15(3)8-12(2)14(16)17/h11-13H,4-10H2,1-3H3,(H,16,17). The van der Waals surface area contributed by atoms with Crippen LogP contribution < -0.4 is 0 Å². The second-order valence-corrected chi connectivity index (χ2v) is 8.26. The van der Waals surface area contributed by atoms with Crippen molar-refractivity contribution < 1.29 is 23.1 Å². The molecule has 1 aliphatic carbocycles. The SMILES string of the molecule is CC(COC1CCCC1)CS(=O)(=O)N(C)CC(C)C(=O)O. The maximum atomic E-state index is 12.2. The van der Waals surface area contributed by atoms with Gasteiger partial charge in [-0.15, -0.1) is 0 Å². The molecular formula is C14H27NO5S. The normalized spacial score (nSPS) is 19.8. The highest BCUT2D eigenvalue weighted by Crippen LogP contribution is 2.21. The fourth-order valence-corrected chi connectivity index (χ4v) is 3.99. The van der Waals surface area contributed by atoms with E-state index in [1.54, 1.807) is 0 Å². The van der Waals surface area contributed by atoms with Crippen molar-refractivity contribution in [3.05, 3.63) is 0 Å². The lowest BCUT2D eigenvalue weighted by Gasteiger charge is -2.22. The van der Waals surface area contributed by atoms with Crippen LogP contribution in [0.2, 0.25) is 0 Å². The van der Waals surface area contributed by atoms with E-state index in [4.69, 9.17) is 9.84 Å². The van der Waals surface area contributed by atoms with Crippen LogP contribution in [-0.2, 0) is 19.6 Å². The van der Waals surface area contributed by atoms with Gasteiger partial charge in [-0.25, -0.2) is 12.7 Å². The lowest BCUT2D eigenvalue weighted by atomic mass is 10.2. The van der Waals surface area contributed by atoms with Gasteiger partial charge in [-0.2, -0.15) is 0 Å². The highest BCUT2D eigenvalue weighted by atomic mass is 32.2. The minimum atomic E-state index is -3.44. The summed E-state index contributed by atoms with van der Waals surface area (Å²) in [7, 11) is -2.01.